The summed E-state index contributed by atoms with van der Waals surface area (Å²) in [6.07, 6.45) is 1.80. The van der Waals surface area contributed by atoms with Gasteiger partial charge in [-0.3, -0.25) is 14.8 Å². The number of carbonyl (C=O) groups excluding carboxylic acids is 1. The van der Waals surface area contributed by atoms with E-state index in [2.05, 4.69) is 37.7 Å². The minimum atomic E-state index is -0.0156. The van der Waals surface area contributed by atoms with Gasteiger partial charge >= 0.3 is 0 Å². The number of aromatic amines is 1. The van der Waals surface area contributed by atoms with E-state index in [1.807, 2.05) is 66.7 Å². The number of amides is 1. The van der Waals surface area contributed by atoms with E-state index >= 15 is 0 Å². The number of likely N-dealkylation sites (N-methyl/N-ethyl adjacent to an activating group) is 1. The van der Waals surface area contributed by atoms with Crippen LogP contribution in [0.25, 0.3) is 33.2 Å². The van der Waals surface area contributed by atoms with Crippen molar-refractivity contribution in [1.29, 1.82) is 0 Å². The van der Waals surface area contributed by atoms with Crippen molar-refractivity contribution in [2.24, 2.45) is 0 Å². The third kappa shape index (κ3) is 5.13. The van der Waals surface area contributed by atoms with E-state index in [4.69, 9.17) is 9.97 Å². The summed E-state index contributed by atoms with van der Waals surface area (Å²) < 4.78 is 0. The van der Waals surface area contributed by atoms with Gasteiger partial charge in [0.15, 0.2) is 5.82 Å². The fourth-order valence-corrected chi connectivity index (χ4v) is 4.60. The lowest BCUT2D eigenvalue weighted by atomic mass is 10.1. The normalized spacial score (nSPS) is 14.7. The number of piperazine rings is 1. The van der Waals surface area contributed by atoms with Crippen molar-refractivity contribution in [2.75, 3.05) is 50.4 Å². The highest BCUT2D eigenvalue weighted by Crippen LogP contribution is 2.29. The highest BCUT2D eigenvalue weighted by atomic mass is 16.2. The molecular weight excluding hydrogens is 464 g/mol. The molecule has 0 unspecified atom stereocenters. The zero-order valence-electron chi connectivity index (χ0n) is 20.6. The van der Waals surface area contributed by atoms with Crippen LogP contribution in [0.3, 0.4) is 0 Å². The number of fused-ring (bicyclic) bond motifs is 2. The summed E-state index contributed by atoms with van der Waals surface area (Å²) in [4.78, 5) is 26.9. The standard InChI is InChI=1S/C28H28N8O/c1-35-11-13-36(14-12-35)18-26(37)30-21-6-4-5-19(15-21)27-32-25-8-3-2-7-23(25)28(33-27)31-22-9-10-24-20(16-22)17-29-34-24/h2-10,15-17H,11-14,18H2,1H3,(H,29,34)(H,30,37)(H,31,32,33). The number of nitrogens with one attached hydrogen (secondary N) is 3. The molecule has 37 heavy (non-hydrogen) atoms. The molecule has 1 amide bonds. The second kappa shape index (κ2) is 9.96. The second-order valence-corrected chi connectivity index (χ2v) is 9.42. The Morgan fingerprint density at radius 3 is 2.70 bits per heavy atom. The Morgan fingerprint density at radius 2 is 1.81 bits per heavy atom. The molecule has 1 aliphatic rings. The Labute approximate surface area is 214 Å². The first-order valence-corrected chi connectivity index (χ1v) is 12.4. The van der Waals surface area contributed by atoms with Gasteiger partial charge in [0.25, 0.3) is 0 Å². The van der Waals surface area contributed by atoms with Crippen molar-refractivity contribution in [2.45, 2.75) is 0 Å². The SMILES string of the molecule is CN1CCN(CC(=O)Nc2cccc(-c3nc(Nc4ccc5[nH]ncc5c4)c4ccccc4n3)c2)CC1. The Kier molecular flexibility index (Phi) is 6.21. The predicted molar refractivity (Wildman–Crippen MR) is 147 cm³/mol. The van der Waals surface area contributed by atoms with Gasteiger partial charge in [0.1, 0.15) is 5.82 Å². The van der Waals surface area contributed by atoms with Crippen LogP contribution in [-0.2, 0) is 4.79 Å². The average Bonchev–Trinajstić information content (AvgIpc) is 3.38. The molecule has 9 heteroatoms. The van der Waals surface area contributed by atoms with Gasteiger partial charge in [-0.15, -0.1) is 0 Å². The zero-order chi connectivity index (χ0) is 25.2. The molecule has 0 radical (unpaired) electrons. The van der Waals surface area contributed by atoms with Gasteiger partial charge in [-0.05, 0) is 49.5 Å². The lowest BCUT2D eigenvalue weighted by Crippen LogP contribution is -2.47. The van der Waals surface area contributed by atoms with Crippen LogP contribution in [-0.4, -0.2) is 75.6 Å². The summed E-state index contributed by atoms with van der Waals surface area (Å²) >= 11 is 0. The molecule has 2 aromatic heterocycles. The Bertz CT molecular complexity index is 1570. The molecule has 1 aliphatic heterocycles. The molecule has 3 heterocycles. The van der Waals surface area contributed by atoms with E-state index in [-0.39, 0.29) is 5.91 Å². The number of anilines is 3. The van der Waals surface area contributed by atoms with Crippen LogP contribution >= 0.6 is 0 Å². The highest BCUT2D eigenvalue weighted by molar-refractivity contribution is 5.94. The average molecular weight is 493 g/mol. The summed E-state index contributed by atoms with van der Waals surface area (Å²) in [7, 11) is 2.11. The molecule has 6 rings (SSSR count). The maximum Gasteiger partial charge on any atom is 0.238 e. The highest BCUT2D eigenvalue weighted by Gasteiger charge is 2.17. The molecule has 3 N–H and O–H groups in total. The maximum atomic E-state index is 12.7. The molecule has 0 atom stereocenters. The first kappa shape index (κ1) is 23.1. The van der Waals surface area contributed by atoms with Crippen LogP contribution in [0.15, 0.2) is 72.9 Å². The number of hydrogen-bond donors (Lipinski definition) is 3. The van der Waals surface area contributed by atoms with Gasteiger partial charge < -0.3 is 15.5 Å². The molecule has 186 valence electrons. The third-order valence-electron chi connectivity index (χ3n) is 6.67. The third-order valence-corrected chi connectivity index (χ3v) is 6.67. The fraction of sp³-hybridized carbons (Fsp3) is 0.214. The van der Waals surface area contributed by atoms with Gasteiger partial charge in [0.2, 0.25) is 5.91 Å². The fourth-order valence-electron chi connectivity index (χ4n) is 4.60. The Balaban J connectivity index is 1.26. The number of aromatic nitrogens is 4. The van der Waals surface area contributed by atoms with E-state index in [0.717, 1.165) is 64.9 Å². The van der Waals surface area contributed by atoms with Crippen molar-refractivity contribution < 1.29 is 4.79 Å². The van der Waals surface area contributed by atoms with Crippen molar-refractivity contribution in [1.82, 2.24) is 30.0 Å². The summed E-state index contributed by atoms with van der Waals surface area (Å²) in [5.74, 6) is 1.28. The first-order chi connectivity index (χ1) is 18.1. The van der Waals surface area contributed by atoms with Crippen molar-refractivity contribution in [3.8, 4) is 11.4 Å². The van der Waals surface area contributed by atoms with Crippen LogP contribution in [0, 0.1) is 0 Å². The number of para-hydroxylation sites is 1. The van der Waals surface area contributed by atoms with Gasteiger partial charge in [0.05, 0.1) is 23.8 Å². The first-order valence-electron chi connectivity index (χ1n) is 12.4. The number of benzene rings is 3. The van der Waals surface area contributed by atoms with Gasteiger partial charge in [0, 0.05) is 53.9 Å². The topological polar surface area (TPSA) is 102 Å². The largest absolute Gasteiger partial charge is 0.340 e. The molecule has 0 spiro atoms. The molecule has 0 saturated carbocycles. The van der Waals surface area contributed by atoms with Crippen LogP contribution < -0.4 is 10.6 Å². The van der Waals surface area contributed by atoms with Gasteiger partial charge in [-0.1, -0.05) is 24.3 Å². The number of rotatable bonds is 6. The molecular formula is C28H28N8O. The smallest absolute Gasteiger partial charge is 0.238 e. The molecule has 9 nitrogen and oxygen atoms in total. The number of hydrogen-bond acceptors (Lipinski definition) is 7. The quantitative estimate of drug-likeness (QED) is 0.328. The summed E-state index contributed by atoms with van der Waals surface area (Å²) in [6, 6.07) is 21.6. The lowest BCUT2D eigenvalue weighted by molar-refractivity contribution is -0.117. The lowest BCUT2D eigenvalue weighted by Gasteiger charge is -2.31. The minimum absolute atomic E-state index is 0.0156. The number of carbonyl (C=O) groups is 1. The minimum Gasteiger partial charge on any atom is -0.340 e. The Morgan fingerprint density at radius 1 is 0.946 bits per heavy atom. The summed E-state index contributed by atoms with van der Waals surface area (Å²) in [5, 5.41) is 15.5. The molecule has 3 aromatic carbocycles. The number of H-pyrrole nitrogens is 1. The van der Waals surface area contributed by atoms with E-state index in [9.17, 15) is 4.79 Å². The van der Waals surface area contributed by atoms with E-state index in [1.54, 1.807) is 6.20 Å². The van der Waals surface area contributed by atoms with E-state index in [0.29, 0.717) is 18.2 Å². The predicted octanol–water partition coefficient (Wildman–Crippen LogP) is 4.10. The molecule has 0 bridgehead atoms. The van der Waals surface area contributed by atoms with E-state index in [1.165, 1.54) is 0 Å². The van der Waals surface area contributed by atoms with Crippen LogP contribution in [0.4, 0.5) is 17.2 Å². The van der Waals surface area contributed by atoms with Crippen LogP contribution in [0.1, 0.15) is 0 Å². The monoisotopic (exact) mass is 492 g/mol. The van der Waals surface area contributed by atoms with Crippen molar-refractivity contribution >= 4 is 44.9 Å². The van der Waals surface area contributed by atoms with Crippen LogP contribution in [0.2, 0.25) is 0 Å². The Hall–Kier alpha value is -4.34. The second-order valence-electron chi connectivity index (χ2n) is 9.42. The molecule has 5 aromatic rings. The summed E-state index contributed by atoms with van der Waals surface area (Å²) in [6.45, 7) is 4.15. The molecule has 0 aliphatic carbocycles. The molecule has 1 saturated heterocycles. The van der Waals surface area contributed by atoms with Crippen molar-refractivity contribution in [3.05, 3.63) is 72.9 Å². The van der Waals surface area contributed by atoms with Gasteiger partial charge in [-0.2, -0.15) is 5.10 Å². The maximum absolute atomic E-state index is 12.7. The van der Waals surface area contributed by atoms with E-state index < -0.39 is 0 Å². The summed E-state index contributed by atoms with van der Waals surface area (Å²) in [5.41, 5.74) is 4.28. The number of nitrogens with zero attached hydrogens (tertiary/aromatic N) is 5. The van der Waals surface area contributed by atoms with Crippen molar-refractivity contribution in [3.63, 3.8) is 0 Å². The molecule has 1 fully saturated rings. The van der Waals surface area contributed by atoms with Crippen LogP contribution in [0.5, 0.6) is 0 Å². The van der Waals surface area contributed by atoms with Gasteiger partial charge in [-0.25, -0.2) is 9.97 Å². The zero-order valence-corrected chi connectivity index (χ0v) is 20.6.